The second-order valence-corrected chi connectivity index (χ2v) is 4.17. The third-order valence-electron chi connectivity index (χ3n) is 2.76. The first-order valence-corrected chi connectivity index (χ1v) is 6.15. The number of hydrogen-bond donors (Lipinski definition) is 0. The molecule has 5 nitrogen and oxygen atoms in total. The van der Waals surface area contributed by atoms with Crippen molar-refractivity contribution in [2.75, 3.05) is 0 Å². The van der Waals surface area contributed by atoms with Crippen LogP contribution in [0.15, 0.2) is 54.6 Å². The summed E-state index contributed by atoms with van der Waals surface area (Å²) in [7, 11) is 0. The zero-order chi connectivity index (χ0) is 14.4. The smallest absolute Gasteiger partial charge is 0.311 e. The second-order valence-electron chi connectivity index (χ2n) is 4.17. The number of hydrogen-bond acceptors (Lipinski definition) is 4. The van der Waals surface area contributed by atoms with E-state index in [-0.39, 0.29) is 18.5 Å². The molecule has 0 aromatic heterocycles. The van der Waals surface area contributed by atoms with Crippen molar-refractivity contribution >= 4 is 11.7 Å². The Morgan fingerprint density at radius 3 is 2.40 bits per heavy atom. The summed E-state index contributed by atoms with van der Waals surface area (Å²) in [6, 6.07) is 15.1. The van der Waals surface area contributed by atoms with E-state index in [0.717, 1.165) is 0 Å². The van der Waals surface area contributed by atoms with Gasteiger partial charge in [-0.15, -0.1) is 0 Å². The van der Waals surface area contributed by atoms with Crippen LogP contribution in [0.2, 0.25) is 0 Å². The largest absolute Gasteiger partial charge is 0.427 e. The van der Waals surface area contributed by atoms with Gasteiger partial charge < -0.3 is 4.74 Å². The number of nitro benzene ring substituents is 1. The molecule has 0 aliphatic carbocycles. The summed E-state index contributed by atoms with van der Waals surface area (Å²) in [5.74, 6) is 0.0643. The molecular weight excluding hydrogens is 258 g/mol. The van der Waals surface area contributed by atoms with Crippen molar-refractivity contribution < 1.29 is 14.5 Å². The molecule has 0 amide bonds. The van der Waals surface area contributed by atoms with Gasteiger partial charge in [0.25, 0.3) is 5.69 Å². The van der Waals surface area contributed by atoms with E-state index in [9.17, 15) is 14.9 Å². The number of carbonyl (C=O) groups is 1. The molecule has 0 saturated carbocycles. The van der Waals surface area contributed by atoms with Gasteiger partial charge in [-0.3, -0.25) is 14.9 Å². The van der Waals surface area contributed by atoms with Gasteiger partial charge in [-0.2, -0.15) is 0 Å². The summed E-state index contributed by atoms with van der Waals surface area (Å²) in [4.78, 5) is 22.1. The Morgan fingerprint density at radius 1 is 1.05 bits per heavy atom. The summed E-state index contributed by atoms with van der Waals surface area (Å²) in [5, 5.41) is 10.8. The predicted molar refractivity (Wildman–Crippen MR) is 73.5 cm³/mol. The van der Waals surface area contributed by atoms with Crippen LogP contribution in [0.5, 0.6) is 5.75 Å². The number of nitrogens with zero attached hydrogens (tertiary/aromatic N) is 1. The fraction of sp³-hybridized carbons (Fsp3) is 0.133. The molecule has 0 radical (unpaired) electrons. The number of para-hydroxylation sites is 2. The van der Waals surface area contributed by atoms with Crippen LogP contribution in [0.3, 0.4) is 0 Å². The maximum Gasteiger partial charge on any atom is 0.311 e. The van der Waals surface area contributed by atoms with Crippen molar-refractivity contribution in [3.05, 3.63) is 70.3 Å². The highest BCUT2D eigenvalue weighted by Crippen LogP contribution is 2.19. The maximum atomic E-state index is 11.7. The third-order valence-corrected chi connectivity index (χ3v) is 2.76. The Hall–Kier alpha value is -2.69. The molecule has 0 aliphatic rings. The van der Waals surface area contributed by atoms with E-state index in [2.05, 4.69) is 0 Å². The minimum Gasteiger partial charge on any atom is -0.427 e. The van der Waals surface area contributed by atoms with Crippen molar-refractivity contribution in [2.24, 2.45) is 0 Å². The minimum atomic E-state index is -0.447. The van der Waals surface area contributed by atoms with Gasteiger partial charge in [-0.05, 0) is 18.6 Å². The standard InChI is InChI=1S/C15H13NO4/c17-15(20-13-7-2-1-3-8-13)11-10-12-6-4-5-9-14(12)16(18)19/h1-9H,10-11H2. The Balaban J connectivity index is 1.96. The fourth-order valence-corrected chi connectivity index (χ4v) is 1.81. The normalized spacial score (nSPS) is 10.0. The second kappa shape index (κ2) is 6.47. The topological polar surface area (TPSA) is 69.4 Å². The lowest BCUT2D eigenvalue weighted by Crippen LogP contribution is -2.09. The average Bonchev–Trinajstić information content (AvgIpc) is 2.46. The molecule has 0 spiro atoms. The molecule has 5 heteroatoms. The third kappa shape index (κ3) is 3.65. The molecule has 0 heterocycles. The molecule has 0 N–H and O–H groups in total. The van der Waals surface area contributed by atoms with Gasteiger partial charge >= 0.3 is 5.97 Å². The summed E-state index contributed by atoms with van der Waals surface area (Å²) in [5.41, 5.74) is 0.558. The van der Waals surface area contributed by atoms with E-state index in [1.807, 2.05) is 6.07 Å². The molecule has 0 aliphatic heterocycles. The number of ether oxygens (including phenoxy) is 1. The van der Waals surface area contributed by atoms with Crippen molar-refractivity contribution in [3.63, 3.8) is 0 Å². The predicted octanol–water partition coefficient (Wildman–Crippen LogP) is 3.13. The van der Waals surface area contributed by atoms with E-state index in [0.29, 0.717) is 11.3 Å². The molecule has 0 bridgehead atoms. The van der Waals surface area contributed by atoms with Crippen LogP contribution < -0.4 is 4.74 Å². The first-order valence-electron chi connectivity index (χ1n) is 6.15. The summed E-state index contributed by atoms with van der Waals surface area (Å²) >= 11 is 0. The summed E-state index contributed by atoms with van der Waals surface area (Å²) in [6.45, 7) is 0. The Kier molecular flexibility index (Phi) is 4.44. The first-order chi connectivity index (χ1) is 9.66. The van der Waals surface area contributed by atoms with Crippen LogP contribution in [-0.2, 0) is 11.2 Å². The Morgan fingerprint density at radius 2 is 1.70 bits per heavy atom. The van der Waals surface area contributed by atoms with Crippen molar-refractivity contribution in [2.45, 2.75) is 12.8 Å². The molecule has 2 rings (SSSR count). The van der Waals surface area contributed by atoms with Gasteiger partial charge in [-0.1, -0.05) is 36.4 Å². The van der Waals surface area contributed by atoms with E-state index < -0.39 is 10.9 Å². The monoisotopic (exact) mass is 271 g/mol. The number of rotatable bonds is 5. The number of esters is 1. The molecule has 2 aromatic rings. The lowest BCUT2D eigenvalue weighted by molar-refractivity contribution is -0.385. The molecule has 2 aromatic carbocycles. The van der Waals surface area contributed by atoms with Gasteiger partial charge in [0.1, 0.15) is 5.75 Å². The molecule has 20 heavy (non-hydrogen) atoms. The number of carbonyl (C=O) groups excluding carboxylic acids is 1. The maximum absolute atomic E-state index is 11.7. The van der Waals surface area contributed by atoms with Crippen LogP contribution in [0.4, 0.5) is 5.69 Å². The van der Waals surface area contributed by atoms with E-state index in [1.165, 1.54) is 6.07 Å². The highest BCUT2D eigenvalue weighted by atomic mass is 16.6. The highest BCUT2D eigenvalue weighted by Gasteiger charge is 2.14. The number of nitro groups is 1. The van der Waals surface area contributed by atoms with E-state index in [1.54, 1.807) is 42.5 Å². The lowest BCUT2D eigenvalue weighted by atomic mass is 10.1. The highest BCUT2D eigenvalue weighted by molar-refractivity contribution is 5.72. The number of benzene rings is 2. The molecule has 0 saturated heterocycles. The lowest BCUT2D eigenvalue weighted by Gasteiger charge is -2.04. The zero-order valence-corrected chi connectivity index (χ0v) is 10.7. The Labute approximate surface area is 116 Å². The average molecular weight is 271 g/mol. The van der Waals surface area contributed by atoms with E-state index >= 15 is 0 Å². The zero-order valence-electron chi connectivity index (χ0n) is 10.7. The first kappa shape index (κ1) is 13.7. The summed E-state index contributed by atoms with van der Waals surface area (Å²) < 4.78 is 5.13. The SMILES string of the molecule is O=C(CCc1ccccc1[N+](=O)[O-])Oc1ccccc1. The van der Waals surface area contributed by atoms with Crippen molar-refractivity contribution in [1.29, 1.82) is 0 Å². The summed E-state index contributed by atoms with van der Waals surface area (Å²) in [6.07, 6.45) is 0.378. The van der Waals surface area contributed by atoms with Gasteiger partial charge in [0, 0.05) is 11.6 Å². The molecule has 102 valence electrons. The fourth-order valence-electron chi connectivity index (χ4n) is 1.81. The van der Waals surface area contributed by atoms with Crippen LogP contribution in [0.1, 0.15) is 12.0 Å². The Bertz CT molecular complexity index is 610. The van der Waals surface area contributed by atoms with Crippen LogP contribution in [0, 0.1) is 10.1 Å². The van der Waals surface area contributed by atoms with Crippen LogP contribution in [-0.4, -0.2) is 10.9 Å². The van der Waals surface area contributed by atoms with Gasteiger partial charge in [0.05, 0.1) is 11.3 Å². The van der Waals surface area contributed by atoms with Gasteiger partial charge in [0.15, 0.2) is 0 Å². The molecular formula is C15H13NO4. The molecule has 0 fully saturated rings. The van der Waals surface area contributed by atoms with Gasteiger partial charge in [-0.25, -0.2) is 0 Å². The number of aryl methyl sites for hydroxylation is 1. The van der Waals surface area contributed by atoms with E-state index in [4.69, 9.17) is 4.74 Å². The molecule has 0 atom stereocenters. The van der Waals surface area contributed by atoms with Crippen molar-refractivity contribution in [1.82, 2.24) is 0 Å². The quantitative estimate of drug-likeness (QED) is 0.362. The minimum absolute atomic E-state index is 0.0278. The van der Waals surface area contributed by atoms with Gasteiger partial charge in [0.2, 0.25) is 0 Å². The van der Waals surface area contributed by atoms with Crippen molar-refractivity contribution in [3.8, 4) is 5.75 Å². The van der Waals surface area contributed by atoms with Crippen LogP contribution >= 0.6 is 0 Å². The van der Waals surface area contributed by atoms with Crippen LogP contribution in [0.25, 0.3) is 0 Å². The molecule has 0 unspecified atom stereocenters.